The van der Waals surface area contributed by atoms with Crippen molar-refractivity contribution >= 4 is 28.1 Å². The van der Waals surface area contributed by atoms with Gasteiger partial charge in [0.1, 0.15) is 0 Å². The minimum absolute atomic E-state index is 0.220. The molecule has 4 rings (SSSR count). The molecule has 26 heavy (non-hydrogen) atoms. The largest absolute Gasteiger partial charge is 0.493 e. The molecule has 2 aromatic heterocycles. The highest BCUT2D eigenvalue weighted by Crippen LogP contribution is 2.28. The van der Waals surface area contributed by atoms with Crippen molar-refractivity contribution in [2.24, 2.45) is 0 Å². The number of fused-ring (bicyclic) bond motifs is 1. The van der Waals surface area contributed by atoms with Gasteiger partial charge in [-0.3, -0.25) is 4.79 Å². The van der Waals surface area contributed by atoms with E-state index in [0.717, 1.165) is 15.7 Å². The quantitative estimate of drug-likeness (QED) is 0.534. The van der Waals surface area contributed by atoms with Crippen molar-refractivity contribution in [3.8, 4) is 5.88 Å². The van der Waals surface area contributed by atoms with Crippen LogP contribution in [0, 0.1) is 0 Å². The van der Waals surface area contributed by atoms with E-state index in [1.807, 2.05) is 48.5 Å². The number of hydrogen-bond acceptors (Lipinski definition) is 6. The van der Waals surface area contributed by atoms with E-state index in [9.17, 15) is 9.90 Å². The third-order valence-corrected chi connectivity index (χ3v) is 6.01. The molecule has 0 radical (unpaired) electrons. The van der Waals surface area contributed by atoms with Crippen LogP contribution in [0.2, 0.25) is 0 Å². The monoisotopic (exact) mass is 381 g/mol. The molecule has 7 heteroatoms. The van der Waals surface area contributed by atoms with E-state index in [-0.39, 0.29) is 17.0 Å². The van der Waals surface area contributed by atoms with Gasteiger partial charge in [0.05, 0.1) is 5.56 Å². The second-order valence-electron chi connectivity index (χ2n) is 5.72. The predicted octanol–water partition coefficient (Wildman–Crippen LogP) is 3.74. The van der Waals surface area contributed by atoms with Gasteiger partial charge in [-0.25, -0.2) is 0 Å². The third kappa shape index (κ3) is 3.49. The number of aromatic nitrogens is 3. The van der Waals surface area contributed by atoms with Crippen LogP contribution in [0.4, 0.5) is 0 Å². The molecule has 0 aliphatic heterocycles. The van der Waals surface area contributed by atoms with Gasteiger partial charge < -0.3 is 5.11 Å². The van der Waals surface area contributed by atoms with Crippen molar-refractivity contribution in [1.82, 2.24) is 14.6 Å². The Bertz CT molecular complexity index is 1090. The first-order valence-corrected chi connectivity index (χ1v) is 9.83. The number of benzene rings is 2. The molecule has 0 atom stereocenters. The van der Waals surface area contributed by atoms with Gasteiger partial charge in [0.25, 0.3) is 5.56 Å². The summed E-state index contributed by atoms with van der Waals surface area (Å²) in [5, 5.41) is 14.6. The van der Waals surface area contributed by atoms with Crippen molar-refractivity contribution < 1.29 is 5.11 Å². The van der Waals surface area contributed by atoms with Crippen molar-refractivity contribution in [2.45, 2.75) is 16.5 Å². The summed E-state index contributed by atoms with van der Waals surface area (Å²) in [5.41, 5.74) is 2.07. The zero-order valence-electron chi connectivity index (χ0n) is 13.7. The van der Waals surface area contributed by atoms with Crippen LogP contribution in [0.25, 0.3) is 4.96 Å². The van der Waals surface area contributed by atoms with Gasteiger partial charge in [-0.05, 0) is 11.1 Å². The van der Waals surface area contributed by atoms with E-state index >= 15 is 0 Å². The average molecular weight is 381 g/mol. The van der Waals surface area contributed by atoms with Crippen molar-refractivity contribution in [2.75, 3.05) is 0 Å². The molecule has 2 aromatic carbocycles. The second-order valence-corrected chi connectivity index (χ2v) is 7.90. The van der Waals surface area contributed by atoms with Crippen LogP contribution in [0.3, 0.4) is 0 Å². The summed E-state index contributed by atoms with van der Waals surface area (Å²) in [5.74, 6) is 0.542. The minimum Gasteiger partial charge on any atom is -0.493 e. The lowest BCUT2D eigenvalue weighted by Gasteiger charge is -2.03. The second kappa shape index (κ2) is 7.31. The molecule has 0 aliphatic rings. The van der Waals surface area contributed by atoms with E-state index in [4.69, 9.17) is 0 Å². The standard InChI is InChI=1S/C19H15N3O2S2/c23-16-15(11-13-7-3-1-4-8-13)17(24)22-18(20-16)26-19(21-22)25-12-14-9-5-2-6-10-14/h1-10,23H,11-12H2. The van der Waals surface area contributed by atoms with Gasteiger partial charge in [-0.1, -0.05) is 83.8 Å². The summed E-state index contributed by atoms with van der Waals surface area (Å²) in [4.78, 5) is 17.3. The van der Waals surface area contributed by atoms with Crippen LogP contribution >= 0.6 is 23.1 Å². The smallest absolute Gasteiger partial charge is 0.282 e. The van der Waals surface area contributed by atoms with Crippen molar-refractivity contribution in [1.29, 1.82) is 0 Å². The molecule has 0 unspecified atom stereocenters. The fraction of sp³-hybridized carbons (Fsp3) is 0.105. The van der Waals surface area contributed by atoms with Gasteiger partial charge in [-0.2, -0.15) is 9.50 Å². The van der Waals surface area contributed by atoms with Gasteiger partial charge in [0.2, 0.25) is 10.8 Å². The summed E-state index contributed by atoms with van der Waals surface area (Å²) in [7, 11) is 0. The molecular formula is C19H15N3O2S2. The number of hydrogen-bond donors (Lipinski definition) is 1. The molecule has 0 fully saturated rings. The topological polar surface area (TPSA) is 67.5 Å². The summed E-state index contributed by atoms with van der Waals surface area (Å²) < 4.78 is 2.03. The third-order valence-electron chi connectivity index (χ3n) is 3.89. The Kier molecular flexibility index (Phi) is 4.73. The van der Waals surface area contributed by atoms with E-state index < -0.39 is 0 Å². The number of thioether (sulfide) groups is 1. The van der Waals surface area contributed by atoms with E-state index in [1.54, 1.807) is 11.8 Å². The number of rotatable bonds is 5. The first-order valence-electron chi connectivity index (χ1n) is 8.03. The van der Waals surface area contributed by atoms with Gasteiger partial charge in [0, 0.05) is 12.2 Å². The maximum Gasteiger partial charge on any atom is 0.282 e. The van der Waals surface area contributed by atoms with Crippen LogP contribution < -0.4 is 5.56 Å². The Morgan fingerprint density at radius 1 is 1.00 bits per heavy atom. The van der Waals surface area contributed by atoms with Crippen LogP contribution in [0.1, 0.15) is 16.7 Å². The Labute approximate surface area is 158 Å². The van der Waals surface area contributed by atoms with Crippen LogP contribution in [0.15, 0.2) is 69.8 Å². The van der Waals surface area contributed by atoms with Gasteiger partial charge in [0.15, 0.2) is 4.34 Å². The van der Waals surface area contributed by atoms with E-state index in [1.165, 1.54) is 21.4 Å². The van der Waals surface area contributed by atoms with Crippen LogP contribution in [0.5, 0.6) is 5.88 Å². The molecule has 0 amide bonds. The summed E-state index contributed by atoms with van der Waals surface area (Å²) in [6.45, 7) is 0. The Hall–Kier alpha value is -2.64. The molecule has 0 saturated heterocycles. The van der Waals surface area contributed by atoms with E-state index in [2.05, 4.69) is 22.2 Å². The van der Waals surface area contributed by atoms with Crippen molar-refractivity contribution in [3.63, 3.8) is 0 Å². The molecule has 0 bridgehead atoms. The maximum absolute atomic E-state index is 12.7. The first kappa shape index (κ1) is 16.8. The summed E-state index contributed by atoms with van der Waals surface area (Å²) in [6, 6.07) is 19.6. The number of nitrogens with zero attached hydrogens (tertiary/aromatic N) is 3. The molecule has 2 heterocycles. The lowest BCUT2D eigenvalue weighted by atomic mass is 10.1. The fourth-order valence-electron chi connectivity index (χ4n) is 2.58. The van der Waals surface area contributed by atoms with Gasteiger partial charge >= 0.3 is 0 Å². The molecule has 0 saturated carbocycles. The molecular weight excluding hydrogens is 366 g/mol. The normalized spacial score (nSPS) is 11.1. The Balaban J connectivity index is 1.63. The highest BCUT2D eigenvalue weighted by atomic mass is 32.2. The summed E-state index contributed by atoms with van der Waals surface area (Å²) in [6.07, 6.45) is 0.325. The molecule has 4 aromatic rings. The zero-order valence-corrected chi connectivity index (χ0v) is 15.3. The van der Waals surface area contributed by atoms with Crippen molar-refractivity contribution in [3.05, 3.63) is 87.7 Å². The predicted molar refractivity (Wildman–Crippen MR) is 104 cm³/mol. The minimum atomic E-state index is -0.320. The average Bonchev–Trinajstić information content (AvgIpc) is 3.08. The first-order chi connectivity index (χ1) is 12.7. The molecule has 130 valence electrons. The molecule has 1 N–H and O–H groups in total. The zero-order chi connectivity index (χ0) is 17.9. The van der Waals surface area contributed by atoms with Crippen LogP contribution in [-0.2, 0) is 12.2 Å². The lowest BCUT2D eigenvalue weighted by Crippen LogP contribution is -2.20. The molecule has 0 spiro atoms. The maximum atomic E-state index is 12.7. The van der Waals surface area contributed by atoms with Gasteiger partial charge in [-0.15, -0.1) is 5.10 Å². The molecule has 5 nitrogen and oxygen atoms in total. The highest BCUT2D eigenvalue weighted by molar-refractivity contribution is 8.00. The van der Waals surface area contributed by atoms with Crippen LogP contribution in [-0.4, -0.2) is 19.7 Å². The SMILES string of the molecule is O=c1c(Cc2ccccc2)c(O)nc2sc(SCc3ccccc3)nn12. The lowest BCUT2D eigenvalue weighted by molar-refractivity contribution is 0.445. The molecule has 0 aliphatic carbocycles. The fourth-order valence-corrected chi connectivity index (χ4v) is 4.46. The Morgan fingerprint density at radius 3 is 2.35 bits per heavy atom. The summed E-state index contributed by atoms with van der Waals surface area (Å²) >= 11 is 2.85. The Morgan fingerprint density at radius 2 is 1.65 bits per heavy atom. The van der Waals surface area contributed by atoms with E-state index in [0.29, 0.717) is 11.4 Å². The highest BCUT2D eigenvalue weighted by Gasteiger charge is 2.16. The number of aromatic hydroxyl groups is 1.